The van der Waals surface area contributed by atoms with Gasteiger partial charge in [-0.05, 0) is 6.07 Å². The minimum Gasteiger partial charge on any atom is -0.498 e. The molecule has 0 aromatic heterocycles. The molecule has 0 bridgehead atoms. The van der Waals surface area contributed by atoms with E-state index < -0.39 is 0 Å². The molecule has 0 aromatic rings. The zero-order valence-corrected chi connectivity index (χ0v) is 12.8. The van der Waals surface area contributed by atoms with E-state index in [-0.39, 0.29) is 21.1 Å². The van der Waals surface area contributed by atoms with Crippen LogP contribution in [0.2, 0.25) is 0 Å². The Labute approximate surface area is 125 Å². The molecule has 0 unspecified atom stereocenters. The number of ether oxygens (including phenoxy) is 1. The first-order valence-electron chi connectivity index (χ1n) is 5.23. The molecule has 0 aliphatic heterocycles. The molecule has 2 aliphatic carbocycles. The summed E-state index contributed by atoms with van der Waals surface area (Å²) in [6.45, 7) is 13.0. The van der Waals surface area contributed by atoms with E-state index >= 15 is 0 Å². The third-order valence-electron chi connectivity index (χ3n) is 1.83. The quantitative estimate of drug-likeness (QED) is 0.553. The number of fused-ring (bicyclic) bond motifs is 1. The van der Waals surface area contributed by atoms with Crippen molar-refractivity contribution >= 4 is 0 Å². The average Bonchev–Trinajstić information content (AvgIpc) is 2.74. The minimum absolute atomic E-state index is 0. The van der Waals surface area contributed by atoms with Crippen LogP contribution in [-0.4, -0.2) is 7.11 Å². The van der Waals surface area contributed by atoms with E-state index in [4.69, 9.17) is 4.74 Å². The van der Waals surface area contributed by atoms with E-state index in [9.17, 15) is 0 Å². The molecule has 1 nitrogen and oxygen atoms in total. The van der Waals surface area contributed by atoms with Gasteiger partial charge >= 0.3 is 21.1 Å². The maximum atomic E-state index is 5.10. The summed E-state index contributed by atoms with van der Waals surface area (Å²) in [5.41, 5.74) is 2.48. The van der Waals surface area contributed by atoms with Crippen molar-refractivity contribution in [2.75, 3.05) is 7.11 Å². The molecule has 0 saturated heterocycles. The number of hydrogen-bond donors (Lipinski definition) is 0. The molecular formula is C16H19MoO. The third kappa shape index (κ3) is 6.98. The third-order valence-corrected chi connectivity index (χ3v) is 1.83. The van der Waals surface area contributed by atoms with Gasteiger partial charge < -0.3 is 4.74 Å². The van der Waals surface area contributed by atoms with Gasteiger partial charge in [-0.25, -0.2) is 39.2 Å². The molecule has 95 valence electrons. The molecular weight excluding hydrogens is 304 g/mol. The van der Waals surface area contributed by atoms with Crippen LogP contribution in [0.15, 0.2) is 61.7 Å². The van der Waals surface area contributed by atoms with Crippen molar-refractivity contribution in [3.05, 3.63) is 75.6 Å². The average molecular weight is 323 g/mol. The van der Waals surface area contributed by atoms with Crippen molar-refractivity contribution in [1.29, 1.82) is 0 Å². The summed E-state index contributed by atoms with van der Waals surface area (Å²) in [6, 6.07) is 12.3. The topological polar surface area (TPSA) is 9.23 Å². The van der Waals surface area contributed by atoms with Crippen LogP contribution < -0.4 is 4.74 Å². The predicted molar refractivity (Wildman–Crippen MR) is 76.3 cm³/mol. The second-order valence-electron chi connectivity index (χ2n) is 3.10. The van der Waals surface area contributed by atoms with Gasteiger partial charge in [-0.15, -0.1) is 11.1 Å². The summed E-state index contributed by atoms with van der Waals surface area (Å²) >= 11 is 0. The van der Waals surface area contributed by atoms with Crippen molar-refractivity contribution < 1.29 is 25.8 Å². The van der Waals surface area contributed by atoms with Crippen molar-refractivity contribution in [1.82, 2.24) is 0 Å². The van der Waals surface area contributed by atoms with E-state index in [1.54, 1.807) is 7.11 Å². The molecule has 18 heavy (non-hydrogen) atoms. The fourth-order valence-corrected chi connectivity index (χ4v) is 1.24. The van der Waals surface area contributed by atoms with Crippen LogP contribution in [0.25, 0.3) is 11.1 Å². The summed E-state index contributed by atoms with van der Waals surface area (Å²) in [4.78, 5) is 0. The molecule has 2 aliphatic rings. The number of benzene rings is 1. The molecule has 0 N–H and O–H groups in total. The zero-order chi connectivity index (χ0) is 13.1. The van der Waals surface area contributed by atoms with Crippen molar-refractivity contribution in [3.63, 3.8) is 0 Å². The summed E-state index contributed by atoms with van der Waals surface area (Å²) in [7, 11) is 1.69. The van der Waals surface area contributed by atoms with Gasteiger partial charge in [0.1, 0.15) is 5.75 Å². The van der Waals surface area contributed by atoms with Crippen LogP contribution in [0.3, 0.4) is 0 Å². The SMILES string of the molecule is C=C[CH2-].C=C[CH2-].COc1cc2cc[cH-]cc-2c1.[Mo+3]. The predicted octanol–water partition coefficient (Wildman–Crippen LogP) is 4.53. The molecule has 2 heteroatoms. The molecule has 0 aromatic carbocycles. The van der Waals surface area contributed by atoms with Crippen LogP contribution in [0, 0.1) is 13.8 Å². The molecule has 0 amide bonds. The second kappa shape index (κ2) is 12.0. The van der Waals surface area contributed by atoms with E-state index in [1.807, 2.05) is 24.3 Å². The van der Waals surface area contributed by atoms with Gasteiger partial charge in [0.25, 0.3) is 0 Å². The van der Waals surface area contributed by atoms with Crippen LogP contribution in [0.4, 0.5) is 0 Å². The monoisotopic (exact) mass is 325 g/mol. The Bertz CT molecular complexity index is 368. The molecule has 1 radical (unpaired) electrons. The van der Waals surface area contributed by atoms with Gasteiger partial charge in [-0.2, -0.15) is 24.3 Å². The Kier molecular flexibility index (Phi) is 12.6. The molecule has 0 saturated carbocycles. The van der Waals surface area contributed by atoms with Crippen LogP contribution in [0.5, 0.6) is 5.75 Å². The van der Waals surface area contributed by atoms with Crippen molar-refractivity contribution in [2.24, 2.45) is 0 Å². The first kappa shape index (κ1) is 18.9. The van der Waals surface area contributed by atoms with Gasteiger partial charge in [-0.1, -0.05) is 6.07 Å². The normalized spacial score (nSPS) is 7.61. The standard InChI is InChI=1S/C10H9O.2C3H5.Mo/c1-11-10-6-8-4-2-3-5-9(8)7-10;2*1-3-2;/h2-7H,1H3;2*3H,1-2H2;/q3*-1;+3. The summed E-state index contributed by atoms with van der Waals surface area (Å²) in [6.07, 6.45) is 3.00. The van der Waals surface area contributed by atoms with Crippen molar-refractivity contribution in [2.45, 2.75) is 0 Å². The number of methoxy groups -OCH3 is 1. The Morgan fingerprint density at radius 1 is 1.17 bits per heavy atom. The van der Waals surface area contributed by atoms with Crippen molar-refractivity contribution in [3.8, 4) is 16.9 Å². The zero-order valence-electron chi connectivity index (χ0n) is 10.8. The number of allylic oxidation sites excluding steroid dienone is 2. The Morgan fingerprint density at radius 2 is 1.67 bits per heavy atom. The van der Waals surface area contributed by atoms with Crippen LogP contribution in [-0.2, 0) is 21.1 Å². The first-order valence-corrected chi connectivity index (χ1v) is 5.23. The maximum absolute atomic E-state index is 5.10. The largest absolute Gasteiger partial charge is 3.00 e. The fourth-order valence-electron chi connectivity index (χ4n) is 1.24. The molecule has 0 atom stereocenters. The summed E-state index contributed by atoms with van der Waals surface area (Å²) in [5, 5.41) is 0. The Hall–Kier alpha value is -1.46. The van der Waals surface area contributed by atoms with Gasteiger partial charge in [0.2, 0.25) is 0 Å². The van der Waals surface area contributed by atoms with Crippen LogP contribution >= 0.6 is 0 Å². The second-order valence-corrected chi connectivity index (χ2v) is 3.10. The number of rotatable bonds is 1. The molecule has 0 spiro atoms. The molecule has 0 heterocycles. The number of hydrogen-bond acceptors (Lipinski definition) is 1. The molecule has 0 fully saturated rings. The summed E-state index contributed by atoms with van der Waals surface area (Å²) in [5.74, 6) is 0.936. The smallest absolute Gasteiger partial charge is 0.498 e. The van der Waals surface area contributed by atoms with Gasteiger partial charge in [-0.3, -0.25) is 0 Å². The van der Waals surface area contributed by atoms with E-state index in [1.165, 1.54) is 23.3 Å². The Balaban J connectivity index is 0. The van der Waals surface area contributed by atoms with Gasteiger partial charge in [0.05, 0.1) is 7.11 Å². The van der Waals surface area contributed by atoms with E-state index in [2.05, 4.69) is 39.1 Å². The van der Waals surface area contributed by atoms with E-state index in [0.717, 1.165) is 5.75 Å². The minimum atomic E-state index is 0. The fraction of sp³-hybridized carbons (Fsp3) is 0.0625. The molecule has 2 rings (SSSR count). The van der Waals surface area contributed by atoms with Gasteiger partial charge in [0, 0.05) is 0 Å². The van der Waals surface area contributed by atoms with E-state index in [0.29, 0.717) is 0 Å². The summed E-state index contributed by atoms with van der Waals surface area (Å²) < 4.78 is 5.10. The maximum Gasteiger partial charge on any atom is 3.00 e. The first-order chi connectivity index (χ1) is 8.23. The van der Waals surface area contributed by atoms with Gasteiger partial charge in [0.15, 0.2) is 0 Å². The van der Waals surface area contributed by atoms with Crippen LogP contribution in [0.1, 0.15) is 0 Å². The Morgan fingerprint density at radius 3 is 2.11 bits per heavy atom.